The molecule has 92 valence electrons. The Balaban J connectivity index is 2.32. The summed E-state index contributed by atoms with van der Waals surface area (Å²) >= 11 is 0. The Morgan fingerprint density at radius 2 is 2.00 bits per heavy atom. The molecule has 18 heavy (non-hydrogen) atoms. The van der Waals surface area contributed by atoms with Crippen LogP contribution in [0.2, 0.25) is 0 Å². The Labute approximate surface area is 103 Å². The second-order valence-corrected chi connectivity index (χ2v) is 3.68. The summed E-state index contributed by atoms with van der Waals surface area (Å²) in [6.45, 7) is -0.182. The van der Waals surface area contributed by atoms with Gasteiger partial charge in [-0.1, -0.05) is 12.1 Å². The molecule has 2 rings (SSSR count). The zero-order valence-corrected chi connectivity index (χ0v) is 9.43. The first-order valence-corrected chi connectivity index (χ1v) is 5.32. The van der Waals surface area contributed by atoms with E-state index in [1.807, 2.05) is 0 Å². The van der Waals surface area contributed by atoms with Crippen molar-refractivity contribution in [2.45, 2.75) is 0 Å². The third kappa shape index (κ3) is 2.82. The number of benzene rings is 1. The van der Waals surface area contributed by atoms with Crippen molar-refractivity contribution >= 4 is 11.7 Å². The second kappa shape index (κ2) is 5.27. The van der Waals surface area contributed by atoms with Crippen LogP contribution >= 0.6 is 0 Å². The first kappa shape index (κ1) is 12.0. The lowest BCUT2D eigenvalue weighted by atomic mass is 10.1. The van der Waals surface area contributed by atoms with E-state index in [2.05, 4.69) is 10.3 Å². The second-order valence-electron chi connectivity index (χ2n) is 3.68. The van der Waals surface area contributed by atoms with Crippen LogP contribution in [-0.2, 0) is 4.79 Å². The molecule has 0 radical (unpaired) electrons. The Morgan fingerprint density at radius 1 is 1.28 bits per heavy atom. The van der Waals surface area contributed by atoms with Gasteiger partial charge in [-0.3, -0.25) is 9.78 Å². The molecule has 0 aliphatic rings. The summed E-state index contributed by atoms with van der Waals surface area (Å²) in [6, 6.07) is 7.63. The largest absolute Gasteiger partial charge is 0.480 e. The fraction of sp³-hybridized carbons (Fsp3) is 0.0769. The van der Waals surface area contributed by atoms with Crippen LogP contribution in [0.1, 0.15) is 0 Å². The van der Waals surface area contributed by atoms with Crippen LogP contribution in [0.25, 0.3) is 11.1 Å². The summed E-state index contributed by atoms with van der Waals surface area (Å²) in [7, 11) is 0. The van der Waals surface area contributed by atoms with Gasteiger partial charge < -0.3 is 10.4 Å². The molecule has 5 heteroatoms. The number of aromatic nitrogens is 1. The molecule has 4 nitrogen and oxygen atoms in total. The third-order valence-electron chi connectivity index (χ3n) is 2.41. The number of carbonyl (C=O) groups is 1. The van der Waals surface area contributed by atoms with Gasteiger partial charge in [0.25, 0.3) is 0 Å². The van der Waals surface area contributed by atoms with Gasteiger partial charge in [0.15, 0.2) is 0 Å². The van der Waals surface area contributed by atoms with Gasteiger partial charge in [-0.05, 0) is 23.8 Å². The molecular weight excluding hydrogens is 235 g/mol. The highest BCUT2D eigenvalue weighted by molar-refractivity contribution is 5.80. The predicted molar refractivity (Wildman–Crippen MR) is 65.8 cm³/mol. The number of pyridine rings is 1. The number of nitrogens with one attached hydrogen (secondary N) is 1. The van der Waals surface area contributed by atoms with E-state index in [9.17, 15) is 9.18 Å². The average Bonchev–Trinajstić information content (AvgIpc) is 2.38. The number of rotatable bonds is 4. The maximum atomic E-state index is 12.8. The van der Waals surface area contributed by atoms with Gasteiger partial charge in [0.2, 0.25) is 0 Å². The molecule has 0 unspecified atom stereocenters. The lowest BCUT2D eigenvalue weighted by molar-refractivity contribution is -0.134. The van der Waals surface area contributed by atoms with Gasteiger partial charge in [-0.15, -0.1) is 0 Å². The van der Waals surface area contributed by atoms with Gasteiger partial charge in [0, 0.05) is 23.6 Å². The SMILES string of the molecule is O=C(O)CNc1ccncc1-c1ccc(F)cc1. The van der Waals surface area contributed by atoms with E-state index in [1.165, 1.54) is 12.1 Å². The Bertz CT molecular complexity index is 555. The van der Waals surface area contributed by atoms with Crippen LogP contribution in [0.4, 0.5) is 10.1 Å². The van der Waals surface area contributed by atoms with Gasteiger partial charge in [-0.25, -0.2) is 4.39 Å². The maximum Gasteiger partial charge on any atom is 0.322 e. The minimum atomic E-state index is -0.947. The topological polar surface area (TPSA) is 62.2 Å². The summed E-state index contributed by atoms with van der Waals surface area (Å²) in [4.78, 5) is 14.5. The monoisotopic (exact) mass is 246 g/mol. The molecule has 0 amide bonds. The first-order chi connectivity index (χ1) is 8.66. The molecule has 0 bridgehead atoms. The highest BCUT2D eigenvalue weighted by atomic mass is 19.1. The Morgan fingerprint density at radius 3 is 2.67 bits per heavy atom. The summed E-state index contributed by atoms with van der Waals surface area (Å²) in [5.41, 5.74) is 2.16. The highest BCUT2D eigenvalue weighted by Crippen LogP contribution is 2.26. The van der Waals surface area contributed by atoms with Crippen molar-refractivity contribution < 1.29 is 14.3 Å². The van der Waals surface area contributed by atoms with Crippen molar-refractivity contribution in [2.24, 2.45) is 0 Å². The third-order valence-corrected chi connectivity index (χ3v) is 2.41. The molecule has 1 aromatic carbocycles. The molecule has 2 N–H and O–H groups in total. The van der Waals surface area contributed by atoms with Crippen molar-refractivity contribution in [2.75, 3.05) is 11.9 Å². The van der Waals surface area contributed by atoms with Gasteiger partial charge >= 0.3 is 5.97 Å². The fourth-order valence-corrected chi connectivity index (χ4v) is 1.58. The van der Waals surface area contributed by atoms with E-state index in [0.29, 0.717) is 5.69 Å². The summed E-state index contributed by atoms with van der Waals surface area (Å²) in [6.07, 6.45) is 3.18. The summed E-state index contributed by atoms with van der Waals surface area (Å²) in [5, 5.41) is 11.4. The van der Waals surface area contributed by atoms with E-state index in [-0.39, 0.29) is 12.4 Å². The number of nitrogens with zero attached hydrogens (tertiary/aromatic N) is 1. The molecule has 0 aliphatic carbocycles. The van der Waals surface area contributed by atoms with E-state index >= 15 is 0 Å². The fourth-order valence-electron chi connectivity index (χ4n) is 1.58. The van der Waals surface area contributed by atoms with Crippen molar-refractivity contribution in [3.05, 3.63) is 48.5 Å². The van der Waals surface area contributed by atoms with Crippen LogP contribution in [-0.4, -0.2) is 22.6 Å². The van der Waals surface area contributed by atoms with Crippen molar-refractivity contribution in [1.29, 1.82) is 0 Å². The molecule has 0 atom stereocenters. The Hall–Kier alpha value is -2.43. The summed E-state index contributed by atoms with van der Waals surface area (Å²) < 4.78 is 12.8. The van der Waals surface area contributed by atoms with Crippen molar-refractivity contribution in [3.8, 4) is 11.1 Å². The van der Waals surface area contributed by atoms with Gasteiger partial charge in [-0.2, -0.15) is 0 Å². The summed E-state index contributed by atoms with van der Waals surface area (Å²) in [5.74, 6) is -1.26. The minimum absolute atomic E-state index is 0.182. The van der Waals surface area contributed by atoms with E-state index in [1.54, 1.807) is 30.6 Å². The van der Waals surface area contributed by atoms with E-state index < -0.39 is 5.97 Å². The number of carboxylic acids is 1. The van der Waals surface area contributed by atoms with Gasteiger partial charge in [0.1, 0.15) is 12.4 Å². The molecule has 0 fully saturated rings. The normalized spacial score (nSPS) is 10.1. The maximum absolute atomic E-state index is 12.8. The molecule has 0 saturated carbocycles. The standard InChI is InChI=1S/C13H11FN2O2/c14-10-3-1-9(2-4-10)11-7-15-6-5-12(11)16-8-13(17)18/h1-7H,8H2,(H,15,16)(H,17,18). The number of aliphatic carboxylic acids is 1. The minimum Gasteiger partial charge on any atom is -0.480 e. The van der Waals surface area contributed by atoms with Gasteiger partial charge in [0.05, 0.1) is 0 Å². The quantitative estimate of drug-likeness (QED) is 0.869. The number of hydrogen-bond donors (Lipinski definition) is 2. The molecule has 0 spiro atoms. The molecule has 0 aliphatic heterocycles. The zero-order valence-electron chi connectivity index (χ0n) is 9.43. The van der Waals surface area contributed by atoms with Crippen LogP contribution < -0.4 is 5.32 Å². The van der Waals surface area contributed by atoms with E-state index in [4.69, 9.17) is 5.11 Å². The lowest BCUT2D eigenvalue weighted by Gasteiger charge is -2.10. The number of carboxylic acid groups (broad SMARTS) is 1. The molecule has 0 saturated heterocycles. The predicted octanol–water partition coefficient (Wildman–Crippen LogP) is 2.38. The van der Waals surface area contributed by atoms with Crippen molar-refractivity contribution in [1.82, 2.24) is 4.98 Å². The zero-order chi connectivity index (χ0) is 13.0. The Kier molecular flexibility index (Phi) is 3.52. The van der Waals surface area contributed by atoms with Crippen molar-refractivity contribution in [3.63, 3.8) is 0 Å². The number of hydrogen-bond acceptors (Lipinski definition) is 3. The highest BCUT2D eigenvalue weighted by Gasteiger charge is 2.06. The molecular formula is C13H11FN2O2. The first-order valence-electron chi connectivity index (χ1n) is 5.32. The van der Waals surface area contributed by atoms with Crippen LogP contribution in [0, 0.1) is 5.82 Å². The van der Waals surface area contributed by atoms with Crippen LogP contribution in [0.15, 0.2) is 42.7 Å². The smallest absolute Gasteiger partial charge is 0.322 e. The van der Waals surface area contributed by atoms with Crippen LogP contribution in [0.3, 0.4) is 0 Å². The molecule has 1 heterocycles. The molecule has 1 aromatic heterocycles. The number of anilines is 1. The average molecular weight is 246 g/mol. The van der Waals surface area contributed by atoms with E-state index in [0.717, 1.165) is 11.1 Å². The van der Waals surface area contributed by atoms with Crippen LogP contribution in [0.5, 0.6) is 0 Å². The molecule has 2 aromatic rings. The number of halogens is 1. The lowest BCUT2D eigenvalue weighted by Crippen LogP contribution is -2.12.